The van der Waals surface area contributed by atoms with Gasteiger partial charge in [-0.25, -0.2) is 0 Å². The summed E-state index contributed by atoms with van der Waals surface area (Å²) in [6.45, 7) is 8.09. The normalized spacial score (nSPS) is 9.86. The Labute approximate surface area is 134 Å². The Kier molecular flexibility index (Phi) is 7.47. The topological polar surface area (TPSA) is 58.3 Å². The van der Waals surface area contributed by atoms with Crippen molar-refractivity contribution in [2.24, 2.45) is 0 Å². The highest BCUT2D eigenvalue weighted by Crippen LogP contribution is 2.20. The Morgan fingerprint density at radius 3 is 2.27 bits per heavy atom. The van der Waals surface area contributed by atoms with Crippen LogP contribution in [0, 0.1) is 6.92 Å². The van der Waals surface area contributed by atoms with E-state index in [0.29, 0.717) is 0 Å². The quantitative estimate of drug-likeness (QED) is 0.551. The van der Waals surface area contributed by atoms with E-state index in [1.54, 1.807) is 0 Å². The van der Waals surface area contributed by atoms with Gasteiger partial charge in [-0.15, -0.1) is 0 Å². The second-order valence-electron chi connectivity index (χ2n) is 5.15. The van der Waals surface area contributed by atoms with Crippen LogP contribution in [0.5, 0.6) is 0 Å². The van der Waals surface area contributed by atoms with Crippen molar-refractivity contribution in [3.63, 3.8) is 0 Å². The maximum Gasteiger partial charge on any atom is 0.0633 e. The van der Waals surface area contributed by atoms with Gasteiger partial charge in [-0.1, -0.05) is 45.0 Å². The number of rotatable bonds is 5. The fourth-order valence-electron chi connectivity index (χ4n) is 2.32. The largest absolute Gasteiger partial charge is 0.398 e. The highest BCUT2D eigenvalue weighted by Gasteiger charge is 2.03. The Hall–Kier alpha value is -2.00. The molecule has 2 aromatic carbocycles. The van der Waals surface area contributed by atoms with E-state index < -0.39 is 0 Å². The molecule has 0 fully saturated rings. The third-order valence-electron chi connectivity index (χ3n) is 3.72. The molecule has 0 atom stereocenters. The third kappa shape index (κ3) is 4.78. The van der Waals surface area contributed by atoms with Gasteiger partial charge in [0.25, 0.3) is 0 Å². The van der Waals surface area contributed by atoms with E-state index in [4.69, 9.17) is 10.9 Å². The molecular formula is C19H28N2O. The first-order valence-corrected chi connectivity index (χ1v) is 8.01. The molecule has 0 radical (unpaired) electrons. The number of aryl methyl sites for hydroxylation is 4. The lowest BCUT2D eigenvalue weighted by atomic mass is 9.99. The molecule has 0 spiro atoms. The van der Waals surface area contributed by atoms with Crippen molar-refractivity contribution < 1.29 is 5.21 Å². The summed E-state index contributed by atoms with van der Waals surface area (Å²) in [5.41, 5.74) is 14.6. The Morgan fingerprint density at radius 1 is 1.00 bits per heavy atom. The van der Waals surface area contributed by atoms with Crippen LogP contribution in [0.2, 0.25) is 0 Å². The van der Waals surface area contributed by atoms with Gasteiger partial charge >= 0.3 is 0 Å². The van der Waals surface area contributed by atoms with E-state index in [9.17, 15) is 0 Å². The summed E-state index contributed by atoms with van der Waals surface area (Å²) >= 11 is 0. The molecule has 3 heteroatoms. The number of hydrogen-bond acceptors (Lipinski definition) is 3. The van der Waals surface area contributed by atoms with Crippen molar-refractivity contribution in [1.29, 1.82) is 0 Å². The Balaban J connectivity index is 0.00000116. The predicted octanol–water partition coefficient (Wildman–Crippen LogP) is 4.75. The lowest BCUT2D eigenvalue weighted by Gasteiger charge is -2.10. The molecule has 0 amide bonds. The van der Waals surface area contributed by atoms with Gasteiger partial charge in [0.15, 0.2) is 0 Å². The summed E-state index contributed by atoms with van der Waals surface area (Å²) < 4.78 is 0. The van der Waals surface area contributed by atoms with E-state index in [1.165, 1.54) is 16.7 Å². The Morgan fingerprint density at radius 2 is 1.68 bits per heavy atom. The van der Waals surface area contributed by atoms with Gasteiger partial charge in [-0.05, 0) is 60.6 Å². The second kappa shape index (κ2) is 9.11. The number of nitrogens with two attached hydrogens (primary N) is 1. The van der Waals surface area contributed by atoms with Gasteiger partial charge < -0.3 is 5.73 Å². The second-order valence-corrected chi connectivity index (χ2v) is 5.15. The molecule has 120 valence electrons. The van der Waals surface area contributed by atoms with E-state index in [2.05, 4.69) is 36.7 Å². The SMILES string of the molecule is CC.CCc1ccc(CCc2ccc(C)c(NO)c2)c(N)c1. The van der Waals surface area contributed by atoms with Crippen LogP contribution in [0.25, 0.3) is 0 Å². The summed E-state index contributed by atoms with van der Waals surface area (Å²) in [5.74, 6) is 0. The summed E-state index contributed by atoms with van der Waals surface area (Å²) in [5, 5.41) is 9.06. The van der Waals surface area contributed by atoms with Crippen LogP contribution in [0.15, 0.2) is 36.4 Å². The minimum absolute atomic E-state index is 0.761. The Bertz CT molecular complexity index is 594. The van der Waals surface area contributed by atoms with Gasteiger partial charge in [0.2, 0.25) is 0 Å². The molecule has 3 nitrogen and oxygen atoms in total. The number of nitrogen functional groups attached to an aromatic ring is 1. The van der Waals surface area contributed by atoms with E-state index >= 15 is 0 Å². The van der Waals surface area contributed by atoms with Crippen LogP contribution in [-0.4, -0.2) is 5.21 Å². The highest BCUT2D eigenvalue weighted by molar-refractivity contribution is 5.52. The predicted molar refractivity (Wildman–Crippen MR) is 95.6 cm³/mol. The van der Waals surface area contributed by atoms with Crippen molar-refractivity contribution in [2.75, 3.05) is 11.2 Å². The molecule has 0 aromatic heterocycles. The number of benzene rings is 2. The molecule has 0 heterocycles. The zero-order chi connectivity index (χ0) is 16.5. The van der Waals surface area contributed by atoms with Gasteiger partial charge in [0, 0.05) is 5.69 Å². The van der Waals surface area contributed by atoms with Gasteiger partial charge in [0.05, 0.1) is 5.69 Å². The van der Waals surface area contributed by atoms with Crippen LogP contribution < -0.4 is 11.2 Å². The number of anilines is 2. The molecule has 2 aromatic rings. The van der Waals surface area contributed by atoms with Crippen LogP contribution in [-0.2, 0) is 19.3 Å². The van der Waals surface area contributed by atoms with Gasteiger partial charge in [0.1, 0.15) is 0 Å². The molecule has 0 aliphatic rings. The first kappa shape index (κ1) is 18.1. The summed E-state index contributed by atoms with van der Waals surface area (Å²) in [6.07, 6.45) is 2.82. The van der Waals surface area contributed by atoms with E-state index in [0.717, 1.165) is 36.2 Å². The average molecular weight is 300 g/mol. The first-order valence-electron chi connectivity index (χ1n) is 8.01. The van der Waals surface area contributed by atoms with Crippen LogP contribution >= 0.6 is 0 Å². The molecule has 0 aliphatic carbocycles. The molecule has 0 saturated heterocycles. The lowest BCUT2D eigenvalue weighted by Crippen LogP contribution is -2.00. The maximum absolute atomic E-state index is 9.06. The van der Waals surface area contributed by atoms with Crippen molar-refractivity contribution in [1.82, 2.24) is 0 Å². The standard InChI is InChI=1S/C17H22N2O.C2H6/c1-3-13-6-8-15(16(18)10-13)9-7-14-5-4-12(2)17(11-14)19-20;1-2/h4-6,8,10-11,19-20H,3,7,9,18H2,1-2H3;1-2H3. The summed E-state index contributed by atoms with van der Waals surface area (Å²) in [7, 11) is 0. The average Bonchev–Trinajstić information content (AvgIpc) is 2.56. The molecule has 22 heavy (non-hydrogen) atoms. The summed E-state index contributed by atoms with van der Waals surface area (Å²) in [6, 6.07) is 12.4. The zero-order valence-electron chi connectivity index (χ0n) is 14.1. The number of nitrogens with one attached hydrogen (secondary N) is 1. The monoisotopic (exact) mass is 300 g/mol. The first-order chi connectivity index (χ1) is 10.6. The van der Waals surface area contributed by atoms with Crippen molar-refractivity contribution in [3.8, 4) is 0 Å². The zero-order valence-corrected chi connectivity index (χ0v) is 14.1. The molecule has 0 aliphatic heterocycles. The molecule has 2 rings (SSSR count). The van der Waals surface area contributed by atoms with Crippen LogP contribution in [0.3, 0.4) is 0 Å². The minimum Gasteiger partial charge on any atom is -0.398 e. The summed E-state index contributed by atoms with van der Waals surface area (Å²) in [4.78, 5) is 0. The fourth-order valence-corrected chi connectivity index (χ4v) is 2.32. The molecule has 0 bridgehead atoms. The molecular weight excluding hydrogens is 272 g/mol. The van der Waals surface area contributed by atoms with Gasteiger partial charge in [-0.2, -0.15) is 0 Å². The van der Waals surface area contributed by atoms with Crippen molar-refractivity contribution in [2.45, 2.75) is 47.0 Å². The van der Waals surface area contributed by atoms with Gasteiger partial charge in [-0.3, -0.25) is 10.7 Å². The molecule has 4 N–H and O–H groups in total. The van der Waals surface area contributed by atoms with Crippen molar-refractivity contribution in [3.05, 3.63) is 58.7 Å². The fraction of sp³-hybridized carbons (Fsp3) is 0.368. The minimum atomic E-state index is 0.761. The van der Waals surface area contributed by atoms with E-state index in [-0.39, 0.29) is 0 Å². The van der Waals surface area contributed by atoms with Crippen LogP contribution in [0.4, 0.5) is 11.4 Å². The molecule has 0 saturated carbocycles. The molecule has 0 unspecified atom stereocenters. The number of hydrogen-bond donors (Lipinski definition) is 3. The third-order valence-corrected chi connectivity index (χ3v) is 3.72. The van der Waals surface area contributed by atoms with Crippen molar-refractivity contribution >= 4 is 11.4 Å². The van der Waals surface area contributed by atoms with Crippen LogP contribution in [0.1, 0.15) is 43.0 Å². The maximum atomic E-state index is 9.06. The smallest absolute Gasteiger partial charge is 0.0633 e. The highest BCUT2D eigenvalue weighted by atomic mass is 16.5. The van der Waals surface area contributed by atoms with E-state index in [1.807, 2.05) is 32.9 Å². The lowest BCUT2D eigenvalue weighted by molar-refractivity contribution is 0.388.